The first kappa shape index (κ1) is 15.0. The Morgan fingerprint density at radius 3 is 2.88 bits per heavy atom. The van der Waals surface area contributed by atoms with E-state index in [9.17, 15) is 0 Å². The summed E-state index contributed by atoms with van der Waals surface area (Å²) in [7, 11) is 1.98. The Morgan fingerprint density at radius 1 is 1.20 bits per heavy atom. The maximum absolute atomic E-state index is 6.22. The van der Waals surface area contributed by atoms with Crippen molar-refractivity contribution in [2.24, 2.45) is 13.0 Å². The molecular weight excluding hydrogens is 312 g/mol. The molecule has 2 aromatic carbocycles. The van der Waals surface area contributed by atoms with Crippen molar-refractivity contribution >= 4 is 10.8 Å². The van der Waals surface area contributed by atoms with E-state index in [0.29, 0.717) is 18.1 Å². The number of fused-ring (bicyclic) bond motifs is 3. The first-order valence-corrected chi connectivity index (χ1v) is 9.07. The molecule has 2 fully saturated rings. The lowest BCUT2D eigenvalue weighted by atomic mass is 9.90. The second kappa shape index (κ2) is 5.88. The van der Waals surface area contributed by atoms with Crippen LogP contribution in [0.4, 0.5) is 0 Å². The van der Waals surface area contributed by atoms with Gasteiger partial charge >= 0.3 is 0 Å². The first-order valence-electron chi connectivity index (χ1n) is 9.07. The number of aromatic nitrogens is 2. The van der Waals surface area contributed by atoms with Gasteiger partial charge in [-0.2, -0.15) is 5.10 Å². The summed E-state index contributed by atoms with van der Waals surface area (Å²) in [6, 6.07) is 14.8. The Morgan fingerprint density at radius 2 is 2.12 bits per heavy atom. The molecule has 0 saturated carbocycles. The third-order valence-corrected chi connectivity index (χ3v) is 5.63. The highest BCUT2D eigenvalue weighted by Crippen LogP contribution is 2.39. The molecular formula is C21H22N2O2. The molecule has 2 saturated heterocycles. The molecule has 3 aromatic rings. The topological polar surface area (TPSA) is 36.3 Å². The lowest BCUT2D eigenvalue weighted by Crippen LogP contribution is -2.23. The molecule has 0 aliphatic carbocycles. The summed E-state index contributed by atoms with van der Waals surface area (Å²) < 4.78 is 14.1. The second-order valence-electron chi connectivity index (χ2n) is 7.21. The number of benzene rings is 2. The van der Waals surface area contributed by atoms with E-state index >= 15 is 0 Å². The van der Waals surface area contributed by atoms with Crippen LogP contribution in [0.3, 0.4) is 0 Å². The van der Waals surface area contributed by atoms with Crippen LogP contribution in [-0.2, 0) is 11.8 Å². The lowest BCUT2D eigenvalue weighted by Gasteiger charge is -2.19. The molecule has 2 aliphatic heterocycles. The zero-order chi connectivity index (χ0) is 16.8. The Kier molecular flexibility index (Phi) is 3.52. The fraction of sp³-hybridized carbons (Fsp3) is 0.381. The van der Waals surface area contributed by atoms with E-state index in [1.807, 2.05) is 17.9 Å². The van der Waals surface area contributed by atoms with Gasteiger partial charge in [-0.15, -0.1) is 0 Å². The molecule has 2 bridgehead atoms. The zero-order valence-electron chi connectivity index (χ0n) is 14.4. The maximum Gasteiger partial charge on any atom is 0.120 e. The fourth-order valence-corrected chi connectivity index (χ4v) is 4.34. The van der Waals surface area contributed by atoms with Crippen LogP contribution in [0.1, 0.15) is 19.3 Å². The standard InChI is InChI=1S/C21H22N2O2/c1-23-20(8-9-22-23)19-12-17(10-14-4-2-3-5-18(14)19)24-13-15-11-16-6-7-21(15)25-16/h2-5,8-10,12,15-16,21H,6-7,11,13H2,1H3/t15-,16+,21-/m1/s1. The van der Waals surface area contributed by atoms with Gasteiger partial charge in [0, 0.05) is 24.7 Å². The van der Waals surface area contributed by atoms with Gasteiger partial charge in [-0.1, -0.05) is 24.3 Å². The molecule has 5 rings (SSSR count). The monoisotopic (exact) mass is 334 g/mol. The number of hydrogen-bond acceptors (Lipinski definition) is 3. The molecule has 0 unspecified atom stereocenters. The van der Waals surface area contributed by atoms with E-state index in [1.54, 1.807) is 0 Å². The van der Waals surface area contributed by atoms with Crippen molar-refractivity contribution < 1.29 is 9.47 Å². The van der Waals surface area contributed by atoms with Gasteiger partial charge in [-0.3, -0.25) is 4.68 Å². The van der Waals surface area contributed by atoms with Crippen LogP contribution in [-0.4, -0.2) is 28.6 Å². The molecule has 4 heteroatoms. The van der Waals surface area contributed by atoms with Gasteiger partial charge in [0.25, 0.3) is 0 Å². The molecule has 0 amide bonds. The normalized spacial score (nSPS) is 24.9. The summed E-state index contributed by atoms with van der Waals surface area (Å²) in [5.41, 5.74) is 2.27. The predicted molar refractivity (Wildman–Crippen MR) is 97.6 cm³/mol. The summed E-state index contributed by atoms with van der Waals surface area (Å²) in [5.74, 6) is 1.46. The highest BCUT2D eigenvalue weighted by Gasteiger charge is 2.40. The predicted octanol–water partition coefficient (Wildman–Crippen LogP) is 4.19. The Bertz CT molecular complexity index is 917. The second-order valence-corrected chi connectivity index (χ2v) is 7.21. The molecule has 0 N–H and O–H groups in total. The summed E-state index contributed by atoms with van der Waals surface area (Å²) in [4.78, 5) is 0. The minimum atomic E-state index is 0.405. The SMILES string of the molecule is Cn1nccc1-c1cc(OC[C@H]2C[C@@H]3CC[C@H]2O3)cc2ccccc12. The molecule has 3 atom stereocenters. The molecule has 0 spiro atoms. The van der Waals surface area contributed by atoms with Crippen LogP contribution in [0, 0.1) is 5.92 Å². The Hall–Kier alpha value is -2.33. The van der Waals surface area contributed by atoms with Crippen molar-refractivity contribution in [3.05, 3.63) is 48.7 Å². The van der Waals surface area contributed by atoms with Crippen LogP contribution >= 0.6 is 0 Å². The van der Waals surface area contributed by atoms with Crippen LogP contribution in [0.5, 0.6) is 5.75 Å². The number of hydrogen-bond donors (Lipinski definition) is 0. The molecule has 2 aliphatic rings. The molecule has 1 aromatic heterocycles. The summed E-state index contributed by atoms with van der Waals surface area (Å²) in [6.07, 6.45) is 6.28. The van der Waals surface area contributed by atoms with Gasteiger partial charge < -0.3 is 9.47 Å². The zero-order valence-corrected chi connectivity index (χ0v) is 14.4. The minimum absolute atomic E-state index is 0.405. The average molecular weight is 334 g/mol. The van der Waals surface area contributed by atoms with Gasteiger partial charge in [-0.25, -0.2) is 0 Å². The van der Waals surface area contributed by atoms with Crippen molar-refractivity contribution in [3.8, 4) is 17.0 Å². The third kappa shape index (κ3) is 2.61. The summed E-state index contributed by atoms with van der Waals surface area (Å²) >= 11 is 0. The van der Waals surface area contributed by atoms with E-state index in [4.69, 9.17) is 9.47 Å². The number of rotatable bonds is 4. The third-order valence-electron chi connectivity index (χ3n) is 5.63. The average Bonchev–Trinajstić information content (AvgIpc) is 3.36. The number of aryl methyl sites for hydroxylation is 1. The van der Waals surface area contributed by atoms with E-state index < -0.39 is 0 Å². The van der Waals surface area contributed by atoms with E-state index in [2.05, 4.69) is 47.6 Å². The Balaban J connectivity index is 1.48. The molecule has 4 nitrogen and oxygen atoms in total. The van der Waals surface area contributed by atoms with Gasteiger partial charge in [-0.05, 0) is 48.2 Å². The maximum atomic E-state index is 6.22. The van der Waals surface area contributed by atoms with Crippen molar-refractivity contribution in [1.29, 1.82) is 0 Å². The fourth-order valence-electron chi connectivity index (χ4n) is 4.34. The van der Waals surface area contributed by atoms with E-state index in [-0.39, 0.29) is 0 Å². The molecule has 0 radical (unpaired) electrons. The highest BCUT2D eigenvalue weighted by molar-refractivity contribution is 5.97. The van der Waals surface area contributed by atoms with Crippen molar-refractivity contribution in [1.82, 2.24) is 9.78 Å². The van der Waals surface area contributed by atoms with Crippen molar-refractivity contribution in [3.63, 3.8) is 0 Å². The van der Waals surface area contributed by atoms with Crippen LogP contribution < -0.4 is 4.74 Å². The molecule has 3 heterocycles. The molecule has 25 heavy (non-hydrogen) atoms. The highest BCUT2D eigenvalue weighted by atomic mass is 16.5. The van der Waals surface area contributed by atoms with Crippen LogP contribution in [0.2, 0.25) is 0 Å². The Labute approximate surface area is 147 Å². The first-order chi connectivity index (χ1) is 12.3. The van der Waals surface area contributed by atoms with Gasteiger partial charge in [0.15, 0.2) is 0 Å². The smallest absolute Gasteiger partial charge is 0.120 e. The lowest BCUT2D eigenvalue weighted by molar-refractivity contribution is 0.0825. The van der Waals surface area contributed by atoms with Gasteiger partial charge in [0.2, 0.25) is 0 Å². The van der Waals surface area contributed by atoms with Crippen molar-refractivity contribution in [2.45, 2.75) is 31.5 Å². The van der Waals surface area contributed by atoms with Crippen LogP contribution in [0.15, 0.2) is 48.7 Å². The van der Waals surface area contributed by atoms with E-state index in [1.165, 1.54) is 23.6 Å². The van der Waals surface area contributed by atoms with Gasteiger partial charge in [0.05, 0.1) is 24.5 Å². The summed E-state index contributed by atoms with van der Waals surface area (Å²) in [6.45, 7) is 0.740. The minimum Gasteiger partial charge on any atom is -0.493 e. The summed E-state index contributed by atoms with van der Waals surface area (Å²) in [5, 5.41) is 6.74. The number of ether oxygens (including phenoxy) is 2. The van der Waals surface area contributed by atoms with Gasteiger partial charge in [0.1, 0.15) is 5.75 Å². The van der Waals surface area contributed by atoms with Crippen molar-refractivity contribution in [2.75, 3.05) is 6.61 Å². The van der Waals surface area contributed by atoms with E-state index in [0.717, 1.165) is 30.0 Å². The van der Waals surface area contributed by atoms with Crippen LogP contribution in [0.25, 0.3) is 22.0 Å². The largest absolute Gasteiger partial charge is 0.493 e. The number of nitrogens with zero attached hydrogens (tertiary/aromatic N) is 2. The quantitative estimate of drug-likeness (QED) is 0.718. The molecule has 128 valence electrons.